The van der Waals surface area contributed by atoms with Gasteiger partial charge in [0, 0.05) is 24.7 Å². The molecule has 0 atom stereocenters. The van der Waals surface area contributed by atoms with Crippen LogP contribution in [0.2, 0.25) is 5.02 Å². The van der Waals surface area contributed by atoms with E-state index in [1.54, 1.807) is 18.2 Å². The number of rotatable bonds is 8. The quantitative estimate of drug-likeness (QED) is 0.550. The van der Waals surface area contributed by atoms with Crippen LogP contribution in [0.3, 0.4) is 0 Å². The van der Waals surface area contributed by atoms with Crippen LogP contribution < -0.4 is 26.1 Å². The number of halogens is 1. The minimum atomic E-state index is -0.645. The summed E-state index contributed by atoms with van der Waals surface area (Å²) in [5, 5.41) is 3.25. The van der Waals surface area contributed by atoms with E-state index in [2.05, 4.69) is 10.3 Å². The number of benzene rings is 2. The van der Waals surface area contributed by atoms with Crippen molar-refractivity contribution < 1.29 is 19.1 Å². The van der Waals surface area contributed by atoms with Gasteiger partial charge in [-0.3, -0.25) is 19.0 Å². The monoisotopic (exact) mass is 444 g/mol. The second-order valence-corrected chi connectivity index (χ2v) is 7.09. The summed E-state index contributed by atoms with van der Waals surface area (Å²) in [5.41, 5.74) is 6.09. The summed E-state index contributed by atoms with van der Waals surface area (Å²) in [6.07, 6.45) is 2.03. The molecule has 10 heteroatoms. The molecule has 0 aliphatic heterocycles. The molecule has 0 aliphatic carbocycles. The summed E-state index contributed by atoms with van der Waals surface area (Å²) in [4.78, 5) is 40.5. The molecule has 0 saturated carbocycles. The van der Waals surface area contributed by atoms with Crippen molar-refractivity contribution in [3.63, 3.8) is 0 Å². The number of anilines is 1. The van der Waals surface area contributed by atoms with Gasteiger partial charge in [0.25, 0.3) is 5.56 Å². The first kappa shape index (κ1) is 22.1. The Kier molecular flexibility index (Phi) is 6.76. The maximum absolute atomic E-state index is 12.8. The van der Waals surface area contributed by atoms with Crippen molar-refractivity contribution in [3.05, 3.63) is 57.6 Å². The maximum atomic E-state index is 12.8. The average Bonchev–Trinajstić information content (AvgIpc) is 2.74. The van der Waals surface area contributed by atoms with Crippen LogP contribution in [-0.2, 0) is 11.3 Å². The number of hydrogen-bond acceptors (Lipinski definition) is 6. The Balaban J connectivity index is 1.65. The number of aryl methyl sites for hydroxylation is 1. The first-order valence-electron chi connectivity index (χ1n) is 9.34. The normalized spacial score (nSPS) is 10.7. The fraction of sp³-hybridized carbons (Fsp3) is 0.238. The minimum absolute atomic E-state index is 0.158. The van der Waals surface area contributed by atoms with Crippen molar-refractivity contribution in [2.75, 3.05) is 19.5 Å². The molecule has 2 amide bonds. The Morgan fingerprint density at radius 3 is 2.52 bits per heavy atom. The van der Waals surface area contributed by atoms with Crippen molar-refractivity contribution in [1.82, 2.24) is 9.55 Å². The lowest BCUT2D eigenvalue weighted by molar-refractivity contribution is -0.116. The fourth-order valence-corrected chi connectivity index (χ4v) is 3.34. The van der Waals surface area contributed by atoms with E-state index in [-0.39, 0.29) is 28.5 Å². The van der Waals surface area contributed by atoms with Crippen LogP contribution in [-0.4, -0.2) is 35.6 Å². The zero-order valence-electron chi connectivity index (χ0n) is 17.0. The molecule has 31 heavy (non-hydrogen) atoms. The molecular weight excluding hydrogens is 424 g/mol. The molecule has 1 aromatic heterocycles. The van der Waals surface area contributed by atoms with Crippen LogP contribution in [0.4, 0.5) is 5.69 Å². The van der Waals surface area contributed by atoms with Gasteiger partial charge in [-0.05, 0) is 30.7 Å². The van der Waals surface area contributed by atoms with Crippen molar-refractivity contribution in [1.29, 1.82) is 0 Å². The van der Waals surface area contributed by atoms with Gasteiger partial charge >= 0.3 is 0 Å². The molecule has 0 aliphatic rings. The number of nitrogens with two attached hydrogens (primary N) is 1. The third kappa shape index (κ3) is 4.95. The van der Waals surface area contributed by atoms with Crippen LogP contribution in [0, 0.1) is 0 Å². The molecule has 1 heterocycles. The second kappa shape index (κ2) is 9.48. The Morgan fingerprint density at radius 2 is 1.87 bits per heavy atom. The van der Waals surface area contributed by atoms with Gasteiger partial charge in [-0.2, -0.15) is 0 Å². The predicted molar refractivity (Wildman–Crippen MR) is 117 cm³/mol. The molecule has 3 N–H and O–H groups in total. The number of carbonyl (C=O) groups excluding carboxylic acids is 2. The smallest absolute Gasteiger partial charge is 0.261 e. The molecule has 162 valence electrons. The van der Waals surface area contributed by atoms with Gasteiger partial charge in [0.1, 0.15) is 0 Å². The van der Waals surface area contributed by atoms with Gasteiger partial charge in [0.05, 0.1) is 42.0 Å². The molecule has 0 unspecified atom stereocenters. The van der Waals surface area contributed by atoms with Gasteiger partial charge < -0.3 is 20.5 Å². The number of carbonyl (C=O) groups is 2. The van der Waals surface area contributed by atoms with Crippen LogP contribution in [0.5, 0.6) is 11.5 Å². The van der Waals surface area contributed by atoms with E-state index >= 15 is 0 Å². The topological polar surface area (TPSA) is 126 Å². The van der Waals surface area contributed by atoms with E-state index in [1.165, 1.54) is 37.2 Å². The number of aromatic nitrogens is 2. The lowest BCUT2D eigenvalue weighted by Crippen LogP contribution is -2.22. The number of methoxy groups -OCH3 is 2. The largest absolute Gasteiger partial charge is 0.493 e. The molecule has 0 saturated heterocycles. The SMILES string of the molecule is COc1cc2ncn(CCCC(=O)Nc3ccc(C(N)=O)c(Cl)c3)c(=O)c2cc1OC. The summed E-state index contributed by atoms with van der Waals surface area (Å²) < 4.78 is 11.9. The van der Waals surface area contributed by atoms with Gasteiger partial charge in [-0.15, -0.1) is 0 Å². The van der Waals surface area contributed by atoms with Gasteiger partial charge in [0.2, 0.25) is 11.8 Å². The van der Waals surface area contributed by atoms with Crippen molar-refractivity contribution in [3.8, 4) is 11.5 Å². The lowest BCUT2D eigenvalue weighted by atomic mass is 10.2. The van der Waals surface area contributed by atoms with E-state index < -0.39 is 5.91 Å². The summed E-state index contributed by atoms with van der Waals surface area (Å²) in [5.74, 6) is 0.0248. The lowest BCUT2D eigenvalue weighted by Gasteiger charge is -2.11. The highest BCUT2D eigenvalue weighted by Gasteiger charge is 2.12. The Hall–Kier alpha value is -3.59. The number of hydrogen-bond donors (Lipinski definition) is 2. The number of amides is 2. The van der Waals surface area contributed by atoms with Crippen LogP contribution in [0.15, 0.2) is 41.5 Å². The van der Waals surface area contributed by atoms with Gasteiger partial charge in [-0.25, -0.2) is 4.98 Å². The molecule has 0 fully saturated rings. The highest BCUT2D eigenvalue weighted by atomic mass is 35.5. The van der Waals surface area contributed by atoms with E-state index in [9.17, 15) is 14.4 Å². The standard InChI is InChI=1S/C21H21ClN4O5/c1-30-17-9-14-16(10-18(17)31-2)24-11-26(21(14)29)7-3-4-19(27)25-12-5-6-13(20(23)28)15(22)8-12/h5-6,8-11H,3-4,7H2,1-2H3,(H2,23,28)(H,25,27). The molecule has 0 bridgehead atoms. The van der Waals surface area contributed by atoms with E-state index in [1.807, 2.05) is 0 Å². The highest BCUT2D eigenvalue weighted by Crippen LogP contribution is 2.29. The zero-order valence-corrected chi connectivity index (χ0v) is 17.7. The van der Waals surface area contributed by atoms with Crippen molar-refractivity contribution in [2.24, 2.45) is 5.73 Å². The predicted octanol–water partition coefficient (Wildman–Crippen LogP) is 2.58. The van der Waals surface area contributed by atoms with Gasteiger partial charge in [-0.1, -0.05) is 11.6 Å². The summed E-state index contributed by atoms with van der Waals surface area (Å²) in [6.45, 7) is 0.310. The number of nitrogens with one attached hydrogen (secondary N) is 1. The first-order chi connectivity index (χ1) is 14.8. The maximum Gasteiger partial charge on any atom is 0.261 e. The molecule has 2 aromatic carbocycles. The Labute approximate surface area is 182 Å². The Morgan fingerprint density at radius 1 is 1.16 bits per heavy atom. The zero-order chi connectivity index (χ0) is 22.5. The second-order valence-electron chi connectivity index (χ2n) is 6.68. The van der Waals surface area contributed by atoms with Gasteiger partial charge in [0.15, 0.2) is 11.5 Å². The summed E-state index contributed by atoms with van der Waals surface area (Å²) in [6, 6.07) is 7.68. The van der Waals surface area contributed by atoms with Crippen molar-refractivity contribution in [2.45, 2.75) is 19.4 Å². The first-order valence-corrected chi connectivity index (χ1v) is 9.72. The number of nitrogens with zero attached hydrogens (tertiary/aromatic N) is 2. The van der Waals surface area contributed by atoms with E-state index in [4.69, 9.17) is 26.8 Å². The van der Waals surface area contributed by atoms with Crippen LogP contribution in [0.25, 0.3) is 10.9 Å². The highest BCUT2D eigenvalue weighted by molar-refractivity contribution is 6.34. The molecule has 9 nitrogen and oxygen atoms in total. The van der Waals surface area contributed by atoms with Crippen LogP contribution >= 0.6 is 11.6 Å². The van der Waals surface area contributed by atoms with E-state index in [0.717, 1.165) is 0 Å². The molecule has 0 radical (unpaired) electrons. The minimum Gasteiger partial charge on any atom is -0.493 e. The number of ether oxygens (including phenoxy) is 2. The average molecular weight is 445 g/mol. The summed E-state index contributed by atoms with van der Waals surface area (Å²) >= 11 is 5.98. The summed E-state index contributed by atoms with van der Waals surface area (Å²) in [7, 11) is 3.00. The third-order valence-corrected chi connectivity index (χ3v) is 4.96. The molecular formula is C21H21ClN4O5. The molecule has 3 aromatic rings. The fourth-order valence-electron chi connectivity index (χ4n) is 3.07. The third-order valence-electron chi connectivity index (χ3n) is 4.65. The van der Waals surface area contributed by atoms with Crippen LogP contribution in [0.1, 0.15) is 23.2 Å². The molecule has 3 rings (SSSR count). The molecule has 0 spiro atoms. The Bertz CT molecular complexity index is 1210. The van der Waals surface area contributed by atoms with E-state index in [0.29, 0.717) is 41.1 Å². The number of fused-ring (bicyclic) bond motifs is 1. The number of primary amides is 1. The van der Waals surface area contributed by atoms with Crippen molar-refractivity contribution >= 4 is 40.0 Å².